The molecule has 0 amide bonds. The lowest BCUT2D eigenvalue weighted by atomic mass is 10.3. The molecular formula is C12H22N6O2. The van der Waals surface area contributed by atoms with Gasteiger partial charge in [-0.3, -0.25) is 14.3 Å². The van der Waals surface area contributed by atoms with E-state index in [-0.39, 0.29) is 5.56 Å². The van der Waals surface area contributed by atoms with Crippen LogP contribution in [0.1, 0.15) is 0 Å². The van der Waals surface area contributed by atoms with Crippen LogP contribution in [0.15, 0.2) is 9.59 Å². The Balaban J connectivity index is 2.07. The SMILES string of the molecule is CN(CCN1CCNCC1)c1nn(C)c(=O)n(C)c1=O. The van der Waals surface area contributed by atoms with Gasteiger partial charge in [-0.15, -0.1) is 5.10 Å². The maximum atomic E-state index is 12.1. The summed E-state index contributed by atoms with van der Waals surface area (Å²) < 4.78 is 2.28. The summed E-state index contributed by atoms with van der Waals surface area (Å²) in [6.07, 6.45) is 0. The fourth-order valence-electron chi connectivity index (χ4n) is 2.25. The number of piperazine rings is 1. The number of aromatic nitrogens is 3. The lowest BCUT2D eigenvalue weighted by Gasteiger charge is -2.29. The van der Waals surface area contributed by atoms with Crippen LogP contribution < -0.4 is 21.5 Å². The van der Waals surface area contributed by atoms with Crippen LogP contribution in [0.4, 0.5) is 5.82 Å². The summed E-state index contributed by atoms with van der Waals surface area (Å²) in [6, 6.07) is 0. The van der Waals surface area contributed by atoms with Crippen LogP contribution in [-0.2, 0) is 14.1 Å². The molecule has 1 aliphatic rings. The van der Waals surface area contributed by atoms with Crippen molar-refractivity contribution in [2.75, 3.05) is 51.2 Å². The van der Waals surface area contributed by atoms with E-state index in [1.807, 2.05) is 11.9 Å². The Kier molecular flexibility index (Phi) is 4.56. The number of hydrogen-bond acceptors (Lipinski definition) is 6. The number of rotatable bonds is 4. The van der Waals surface area contributed by atoms with Gasteiger partial charge < -0.3 is 10.2 Å². The van der Waals surface area contributed by atoms with E-state index in [1.54, 1.807) is 7.05 Å². The van der Waals surface area contributed by atoms with Gasteiger partial charge in [-0.25, -0.2) is 9.48 Å². The molecule has 0 aromatic carbocycles. The highest BCUT2D eigenvalue weighted by Gasteiger charge is 2.15. The van der Waals surface area contributed by atoms with Gasteiger partial charge in [0.05, 0.1) is 0 Å². The Morgan fingerprint density at radius 2 is 1.90 bits per heavy atom. The molecule has 0 radical (unpaired) electrons. The van der Waals surface area contributed by atoms with Crippen LogP contribution in [0.2, 0.25) is 0 Å². The second kappa shape index (κ2) is 6.19. The molecule has 8 heteroatoms. The van der Waals surface area contributed by atoms with Gasteiger partial charge in [-0.2, -0.15) is 0 Å². The molecule has 1 aromatic rings. The number of nitrogens with zero attached hydrogens (tertiary/aromatic N) is 5. The number of nitrogens with one attached hydrogen (secondary N) is 1. The predicted octanol–water partition coefficient (Wildman–Crippen LogP) is -2.18. The fraction of sp³-hybridized carbons (Fsp3) is 0.750. The summed E-state index contributed by atoms with van der Waals surface area (Å²) in [4.78, 5) is 27.8. The zero-order valence-corrected chi connectivity index (χ0v) is 12.3. The minimum atomic E-state index is -0.408. The molecule has 1 fully saturated rings. The molecule has 0 unspecified atom stereocenters. The van der Waals surface area contributed by atoms with Crippen LogP contribution in [0.5, 0.6) is 0 Å². The first-order valence-corrected chi connectivity index (χ1v) is 6.79. The van der Waals surface area contributed by atoms with Gasteiger partial charge in [0, 0.05) is 60.4 Å². The second-order valence-corrected chi connectivity index (χ2v) is 5.11. The molecule has 0 aliphatic carbocycles. The lowest BCUT2D eigenvalue weighted by molar-refractivity contribution is 0.246. The van der Waals surface area contributed by atoms with Gasteiger partial charge in [0.1, 0.15) is 0 Å². The first-order chi connectivity index (χ1) is 9.50. The smallest absolute Gasteiger partial charge is 0.346 e. The Morgan fingerprint density at radius 3 is 2.55 bits per heavy atom. The van der Waals surface area contributed by atoms with Crippen molar-refractivity contribution in [1.82, 2.24) is 24.6 Å². The van der Waals surface area contributed by atoms with Crippen molar-refractivity contribution in [3.05, 3.63) is 20.8 Å². The molecular weight excluding hydrogens is 260 g/mol. The largest absolute Gasteiger partial charge is 0.352 e. The maximum absolute atomic E-state index is 12.1. The van der Waals surface area contributed by atoms with Crippen LogP contribution >= 0.6 is 0 Å². The normalized spacial score (nSPS) is 16.4. The van der Waals surface area contributed by atoms with Crippen molar-refractivity contribution in [2.24, 2.45) is 14.1 Å². The molecule has 0 bridgehead atoms. The van der Waals surface area contributed by atoms with Crippen LogP contribution in [0.25, 0.3) is 0 Å². The summed E-state index contributed by atoms with van der Waals surface area (Å²) in [5, 5.41) is 7.37. The van der Waals surface area contributed by atoms with Gasteiger partial charge in [-0.1, -0.05) is 0 Å². The van der Waals surface area contributed by atoms with Gasteiger partial charge >= 0.3 is 5.69 Å². The third-order valence-corrected chi connectivity index (χ3v) is 3.63. The van der Waals surface area contributed by atoms with Crippen molar-refractivity contribution < 1.29 is 0 Å². The zero-order chi connectivity index (χ0) is 14.7. The summed E-state index contributed by atoms with van der Waals surface area (Å²) >= 11 is 0. The molecule has 112 valence electrons. The second-order valence-electron chi connectivity index (χ2n) is 5.11. The summed E-state index contributed by atoms with van der Waals surface area (Å²) in [7, 11) is 4.85. The summed E-state index contributed by atoms with van der Waals surface area (Å²) in [6.45, 7) is 5.64. The van der Waals surface area contributed by atoms with E-state index in [4.69, 9.17) is 0 Å². The first-order valence-electron chi connectivity index (χ1n) is 6.79. The molecule has 1 N–H and O–H groups in total. The topological polar surface area (TPSA) is 75.4 Å². The van der Waals surface area contributed by atoms with E-state index < -0.39 is 5.69 Å². The predicted molar refractivity (Wildman–Crippen MR) is 77.3 cm³/mol. The Bertz CT molecular complexity index is 572. The number of hydrogen-bond donors (Lipinski definition) is 1. The minimum absolute atomic E-state index is 0.310. The van der Waals surface area contributed by atoms with E-state index in [1.165, 1.54) is 11.7 Å². The molecule has 0 saturated carbocycles. The van der Waals surface area contributed by atoms with Crippen molar-refractivity contribution in [2.45, 2.75) is 0 Å². The number of aryl methyl sites for hydroxylation is 1. The average Bonchev–Trinajstić information content (AvgIpc) is 2.47. The standard InChI is InChI=1S/C12H22N6O2/c1-15(8-9-18-6-4-13-5-7-18)10-11(19)16(2)12(20)17(3)14-10/h13H,4-9H2,1-3H3. The van der Waals surface area contributed by atoms with Crippen molar-refractivity contribution in [3.63, 3.8) is 0 Å². The first kappa shape index (κ1) is 14.7. The van der Waals surface area contributed by atoms with E-state index in [0.717, 1.165) is 37.3 Å². The molecule has 2 heterocycles. The lowest BCUT2D eigenvalue weighted by Crippen LogP contribution is -2.47. The van der Waals surface area contributed by atoms with Crippen molar-refractivity contribution in [1.29, 1.82) is 0 Å². The highest BCUT2D eigenvalue weighted by Crippen LogP contribution is 2.00. The highest BCUT2D eigenvalue weighted by atomic mass is 16.2. The Morgan fingerprint density at radius 1 is 1.25 bits per heavy atom. The molecule has 1 aliphatic heterocycles. The minimum Gasteiger partial charge on any atom is -0.352 e. The van der Waals surface area contributed by atoms with Crippen molar-refractivity contribution in [3.8, 4) is 0 Å². The summed E-state index contributed by atoms with van der Waals surface area (Å²) in [5.74, 6) is 0.310. The Hall–Kier alpha value is -1.67. The van der Waals surface area contributed by atoms with E-state index in [0.29, 0.717) is 12.4 Å². The van der Waals surface area contributed by atoms with Gasteiger partial charge in [0.15, 0.2) is 0 Å². The van der Waals surface area contributed by atoms with E-state index >= 15 is 0 Å². The van der Waals surface area contributed by atoms with Crippen molar-refractivity contribution >= 4 is 5.82 Å². The molecule has 1 saturated heterocycles. The monoisotopic (exact) mass is 282 g/mol. The molecule has 0 spiro atoms. The van der Waals surface area contributed by atoms with Crippen LogP contribution in [0.3, 0.4) is 0 Å². The molecule has 1 aromatic heterocycles. The van der Waals surface area contributed by atoms with Gasteiger partial charge in [0.2, 0.25) is 5.82 Å². The zero-order valence-electron chi connectivity index (χ0n) is 12.3. The maximum Gasteiger partial charge on any atom is 0.346 e. The van der Waals surface area contributed by atoms with E-state index in [9.17, 15) is 9.59 Å². The quantitative estimate of drug-likeness (QED) is 0.677. The average molecular weight is 282 g/mol. The molecule has 8 nitrogen and oxygen atoms in total. The molecule has 20 heavy (non-hydrogen) atoms. The third kappa shape index (κ3) is 3.07. The number of anilines is 1. The Labute approximate surface area is 117 Å². The summed E-state index contributed by atoms with van der Waals surface area (Å²) in [5.41, 5.74) is -0.759. The van der Waals surface area contributed by atoms with Crippen LogP contribution in [-0.4, -0.2) is 65.6 Å². The molecule has 0 atom stereocenters. The van der Waals surface area contributed by atoms with Gasteiger partial charge in [0.25, 0.3) is 5.56 Å². The fourth-order valence-corrected chi connectivity index (χ4v) is 2.25. The third-order valence-electron chi connectivity index (χ3n) is 3.63. The van der Waals surface area contributed by atoms with Gasteiger partial charge in [-0.05, 0) is 0 Å². The molecule has 2 rings (SSSR count). The van der Waals surface area contributed by atoms with Crippen LogP contribution in [0, 0.1) is 0 Å². The number of likely N-dealkylation sites (N-methyl/N-ethyl adjacent to an activating group) is 1. The van der Waals surface area contributed by atoms with E-state index in [2.05, 4.69) is 15.3 Å². The highest BCUT2D eigenvalue weighted by molar-refractivity contribution is 5.33.